The van der Waals surface area contributed by atoms with Gasteiger partial charge in [-0.25, -0.2) is 0 Å². The predicted octanol–water partition coefficient (Wildman–Crippen LogP) is 5.63. The Morgan fingerprint density at radius 1 is 0.957 bits per heavy atom. The van der Waals surface area contributed by atoms with Gasteiger partial charge in [0, 0.05) is 16.5 Å². The highest BCUT2D eigenvalue weighted by Crippen LogP contribution is 2.28. The summed E-state index contributed by atoms with van der Waals surface area (Å²) in [7, 11) is 0. The molecule has 1 aliphatic heterocycles. The molecule has 0 spiro atoms. The average Bonchev–Trinajstić information content (AvgIpc) is 2.61. The molecule has 0 unspecified atom stereocenters. The van der Waals surface area contributed by atoms with Crippen molar-refractivity contribution in [2.45, 2.75) is 19.6 Å². The summed E-state index contributed by atoms with van der Waals surface area (Å²) in [6.45, 7) is 3.55. The van der Waals surface area contributed by atoms with E-state index in [2.05, 4.69) is 43.3 Å². The van der Waals surface area contributed by atoms with Gasteiger partial charge < -0.3 is 9.47 Å². The van der Waals surface area contributed by atoms with Gasteiger partial charge in [0.2, 0.25) is 0 Å². The van der Waals surface area contributed by atoms with Gasteiger partial charge in [-0.1, -0.05) is 67.1 Å². The zero-order valence-corrected chi connectivity index (χ0v) is 14.0. The Morgan fingerprint density at radius 3 is 2.09 bits per heavy atom. The van der Waals surface area contributed by atoms with Crippen LogP contribution in [0.3, 0.4) is 0 Å². The van der Waals surface area contributed by atoms with Crippen molar-refractivity contribution < 1.29 is 9.47 Å². The van der Waals surface area contributed by atoms with Crippen LogP contribution >= 0.6 is 11.6 Å². The molecule has 2 aromatic rings. The first-order valence-corrected chi connectivity index (χ1v) is 8.40. The van der Waals surface area contributed by atoms with E-state index in [1.165, 1.54) is 0 Å². The maximum atomic E-state index is 5.93. The van der Waals surface area contributed by atoms with E-state index in [9.17, 15) is 0 Å². The first-order chi connectivity index (χ1) is 11.3. The molecule has 0 saturated carbocycles. The molecular formula is C20H21ClO2. The molecule has 3 rings (SSSR count). The smallest absolute Gasteiger partial charge is 0.183 e. The molecule has 2 aromatic carbocycles. The number of hydrogen-bond donors (Lipinski definition) is 0. The topological polar surface area (TPSA) is 18.5 Å². The van der Waals surface area contributed by atoms with Crippen LogP contribution in [0.4, 0.5) is 0 Å². The summed E-state index contributed by atoms with van der Waals surface area (Å²) in [5, 5.41) is 0.751. The molecule has 1 fully saturated rings. The highest BCUT2D eigenvalue weighted by atomic mass is 35.5. The summed E-state index contributed by atoms with van der Waals surface area (Å²) < 4.78 is 11.7. The summed E-state index contributed by atoms with van der Waals surface area (Å²) in [6, 6.07) is 16.2. The van der Waals surface area contributed by atoms with E-state index in [0.29, 0.717) is 19.1 Å². The zero-order chi connectivity index (χ0) is 16.1. The van der Waals surface area contributed by atoms with E-state index >= 15 is 0 Å². The fraction of sp³-hybridized carbons (Fsp3) is 0.300. The summed E-state index contributed by atoms with van der Waals surface area (Å²) in [4.78, 5) is 0. The average molecular weight is 329 g/mol. The first-order valence-electron chi connectivity index (χ1n) is 8.02. The van der Waals surface area contributed by atoms with Gasteiger partial charge in [0.15, 0.2) is 6.29 Å². The molecule has 0 N–H and O–H groups in total. The molecule has 2 nitrogen and oxygen atoms in total. The maximum absolute atomic E-state index is 5.93. The quantitative estimate of drug-likeness (QED) is 0.677. The van der Waals surface area contributed by atoms with E-state index in [1.54, 1.807) is 0 Å². The van der Waals surface area contributed by atoms with Crippen LogP contribution in [0.2, 0.25) is 5.02 Å². The summed E-state index contributed by atoms with van der Waals surface area (Å²) >= 11 is 5.93. The van der Waals surface area contributed by atoms with Crippen molar-refractivity contribution >= 4 is 11.6 Å². The fourth-order valence-electron chi connectivity index (χ4n) is 2.63. The van der Waals surface area contributed by atoms with Gasteiger partial charge in [0.25, 0.3) is 0 Å². The Labute approximate surface area is 142 Å². The highest BCUT2D eigenvalue weighted by Gasteiger charge is 2.21. The Morgan fingerprint density at radius 2 is 1.52 bits per heavy atom. The standard InChI is InChI=1S/C20H21ClO2/c1-2-3-4-15-13-22-20(23-14-15)18-7-5-16(6-8-18)17-9-11-19(21)12-10-17/h3-12,15,20H,2,13-14H2,1H3/b4-3+/t15-,20-. The van der Waals surface area contributed by atoms with Crippen molar-refractivity contribution in [2.75, 3.05) is 13.2 Å². The number of allylic oxidation sites excluding steroid dienone is 1. The molecule has 3 heteroatoms. The van der Waals surface area contributed by atoms with Gasteiger partial charge >= 0.3 is 0 Å². The zero-order valence-electron chi connectivity index (χ0n) is 13.2. The molecule has 0 aliphatic carbocycles. The number of halogens is 1. The largest absolute Gasteiger partial charge is 0.348 e. The van der Waals surface area contributed by atoms with Gasteiger partial charge in [0.1, 0.15) is 0 Å². The summed E-state index contributed by atoms with van der Waals surface area (Å²) in [5.74, 6) is 0.361. The van der Waals surface area contributed by atoms with Crippen LogP contribution in [0.1, 0.15) is 25.2 Å². The minimum absolute atomic E-state index is 0.263. The van der Waals surface area contributed by atoms with Gasteiger partial charge in [-0.15, -0.1) is 0 Å². The second kappa shape index (κ2) is 7.78. The van der Waals surface area contributed by atoms with E-state index < -0.39 is 0 Å². The third kappa shape index (κ3) is 4.23. The molecule has 23 heavy (non-hydrogen) atoms. The molecular weight excluding hydrogens is 308 g/mol. The summed E-state index contributed by atoms with van der Waals surface area (Å²) in [5.41, 5.74) is 3.36. The molecule has 0 bridgehead atoms. The molecule has 1 heterocycles. The minimum atomic E-state index is -0.263. The van der Waals surface area contributed by atoms with Crippen LogP contribution in [0.15, 0.2) is 60.7 Å². The lowest BCUT2D eigenvalue weighted by Crippen LogP contribution is -2.25. The monoisotopic (exact) mass is 328 g/mol. The maximum Gasteiger partial charge on any atom is 0.183 e. The fourth-order valence-corrected chi connectivity index (χ4v) is 2.75. The van der Waals surface area contributed by atoms with Gasteiger partial charge in [-0.3, -0.25) is 0 Å². The van der Waals surface area contributed by atoms with E-state index in [-0.39, 0.29) is 6.29 Å². The van der Waals surface area contributed by atoms with E-state index in [0.717, 1.165) is 28.1 Å². The third-order valence-electron chi connectivity index (χ3n) is 3.93. The highest BCUT2D eigenvalue weighted by molar-refractivity contribution is 6.30. The van der Waals surface area contributed by atoms with Crippen LogP contribution in [0, 0.1) is 5.92 Å². The second-order valence-corrected chi connectivity index (χ2v) is 6.16. The number of ether oxygens (including phenoxy) is 2. The Kier molecular flexibility index (Phi) is 5.50. The Balaban J connectivity index is 1.64. The second-order valence-electron chi connectivity index (χ2n) is 5.72. The number of benzene rings is 2. The van der Waals surface area contributed by atoms with Crippen LogP contribution in [-0.4, -0.2) is 13.2 Å². The lowest BCUT2D eigenvalue weighted by atomic mass is 10.0. The normalized spacial score (nSPS) is 21.7. The SMILES string of the molecule is CC/C=C/[C@H]1CO[C@H](c2ccc(-c3ccc(Cl)cc3)cc2)OC1. The Hall–Kier alpha value is -1.61. The van der Waals surface area contributed by atoms with Crippen LogP contribution in [0.25, 0.3) is 11.1 Å². The van der Waals surface area contributed by atoms with Crippen LogP contribution in [0.5, 0.6) is 0 Å². The van der Waals surface area contributed by atoms with Gasteiger partial charge in [-0.05, 0) is 29.7 Å². The third-order valence-corrected chi connectivity index (χ3v) is 4.18. The number of rotatable bonds is 4. The van der Waals surface area contributed by atoms with Crippen molar-refractivity contribution in [1.82, 2.24) is 0 Å². The molecule has 0 atom stereocenters. The van der Waals surface area contributed by atoms with Crippen LogP contribution in [-0.2, 0) is 9.47 Å². The molecule has 120 valence electrons. The van der Waals surface area contributed by atoms with E-state index in [1.807, 2.05) is 24.3 Å². The molecule has 1 saturated heterocycles. The summed E-state index contributed by atoms with van der Waals surface area (Å²) in [6.07, 6.45) is 5.13. The molecule has 0 aromatic heterocycles. The van der Waals surface area contributed by atoms with Crippen LogP contribution < -0.4 is 0 Å². The van der Waals surface area contributed by atoms with Crippen molar-refractivity contribution in [3.05, 3.63) is 71.3 Å². The lowest BCUT2D eigenvalue weighted by Gasteiger charge is -2.28. The molecule has 0 amide bonds. The molecule has 1 aliphatic rings. The van der Waals surface area contributed by atoms with Gasteiger partial charge in [-0.2, -0.15) is 0 Å². The van der Waals surface area contributed by atoms with Gasteiger partial charge in [0.05, 0.1) is 13.2 Å². The lowest BCUT2D eigenvalue weighted by molar-refractivity contribution is -0.197. The minimum Gasteiger partial charge on any atom is -0.348 e. The van der Waals surface area contributed by atoms with Crippen molar-refractivity contribution in [1.29, 1.82) is 0 Å². The number of hydrogen-bond acceptors (Lipinski definition) is 2. The van der Waals surface area contributed by atoms with Crippen molar-refractivity contribution in [3.63, 3.8) is 0 Å². The van der Waals surface area contributed by atoms with E-state index in [4.69, 9.17) is 21.1 Å². The van der Waals surface area contributed by atoms with Crippen molar-refractivity contribution in [2.24, 2.45) is 5.92 Å². The van der Waals surface area contributed by atoms with Crippen molar-refractivity contribution in [3.8, 4) is 11.1 Å². The molecule has 0 radical (unpaired) electrons. The predicted molar refractivity (Wildman–Crippen MR) is 94.5 cm³/mol. The Bertz CT molecular complexity index is 638. The first kappa shape index (κ1) is 16.3.